The van der Waals surface area contributed by atoms with Crippen LogP contribution in [0.3, 0.4) is 0 Å². The minimum absolute atomic E-state index is 0.0643. The van der Waals surface area contributed by atoms with Crippen LogP contribution in [0, 0.1) is 0 Å². The van der Waals surface area contributed by atoms with E-state index in [1.54, 1.807) is 22.7 Å². The number of hydrogen-bond acceptors (Lipinski definition) is 4. The van der Waals surface area contributed by atoms with Crippen LogP contribution >= 0.6 is 0 Å². The molecule has 1 atom stereocenters. The zero-order valence-corrected chi connectivity index (χ0v) is 11.9. The van der Waals surface area contributed by atoms with Crippen LogP contribution in [0.4, 0.5) is 10.5 Å². The number of methoxy groups -OCH3 is 1. The Hall–Kier alpha value is -2.12. The minimum Gasteiger partial charge on any atom is -0.382 e. The Labute approximate surface area is 122 Å². The van der Waals surface area contributed by atoms with Gasteiger partial charge in [-0.15, -0.1) is 0 Å². The third kappa shape index (κ3) is 2.84. The van der Waals surface area contributed by atoms with Gasteiger partial charge in [0.2, 0.25) is 0 Å². The number of morpholine rings is 1. The van der Waals surface area contributed by atoms with E-state index in [9.17, 15) is 4.79 Å². The summed E-state index contributed by atoms with van der Waals surface area (Å²) in [5, 5.41) is 7.12. The van der Waals surface area contributed by atoms with Crippen LogP contribution in [-0.4, -0.2) is 60.1 Å². The van der Waals surface area contributed by atoms with E-state index in [-0.39, 0.29) is 12.1 Å². The maximum absolute atomic E-state index is 12.5. The maximum Gasteiger partial charge on any atom is 0.322 e. The number of amides is 2. The number of nitrogens with one attached hydrogen (secondary N) is 1. The van der Waals surface area contributed by atoms with Crippen molar-refractivity contribution in [2.45, 2.75) is 6.04 Å². The standard InChI is InChI=1S/C14H18N4O3/c1-20-9-11-10-21-7-6-17(11)14(19)16-12-8-15-18-5-3-2-4-13(12)18/h2-5,8,11H,6-7,9-10H2,1H3,(H,16,19). The molecule has 3 heterocycles. The zero-order valence-electron chi connectivity index (χ0n) is 11.9. The van der Waals surface area contributed by atoms with Crippen molar-refractivity contribution >= 4 is 17.2 Å². The van der Waals surface area contributed by atoms with Gasteiger partial charge >= 0.3 is 6.03 Å². The lowest BCUT2D eigenvalue weighted by Gasteiger charge is -2.34. The summed E-state index contributed by atoms with van der Waals surface area (Å²) in [6.45, 7) is 2.06. The number of ether oxygens (including phenoxy) is 2. The van der Waals surface area contributed by atoms with Gasteiger partial charge in [0.1, 0.15) is 0 Å². The highest BCUT2D eigenvalue weighted by atomic mass is 16.5. The summed E-state index contributed by atoms with van der Waals surface area (Å²) in [5.41, 5.74) is 1.56. The molecule has 0 aromatic carbocycles. The van der Waals surface area contributed by atoms with Gasteiger partial charge in [0.05, 0.1) is 43.3 Å². The Morgan fingerprint density at radius 1 is 1.57 bits per heavy atom. The van der Waals surface area contributed by atoms with Crippen molar-refractivity contribution in [2.75, 3.05) is 38.8 Å². The molecule has 1 aliphatic rings. The van der Waals surface area contributed by atoms with E-state index in [0.29, 0.717) is 32.1 Å². The fraction of sp³-hybridized carbons (Fsp3) is 0.429. The van der Waals surface area contributed by atoms with Gasteiger partial charge in [-0.05, 0) is 12.1 Å². The highest BCUT2D eigenvalue weighted by molar-refractivity contribution is 5.94. The molecule has 1 fully saturated rings. The van der Waals surface area contributed by atoms with Crippen molar-refractivity contribution in [3.8, 4) is 0 Å². The topological polar surface area (TPSA) is 68.1 Å². The summed E-state index contributed by atoms with van der Waals surface area (Å²) >= 11 is 0. The smallest absolute Gasteiger partial charge is 0.322 e. The molecular formula is C14H18N4O3. The lowest BCUT2D eigenvalue weighted by atomic mass is 10.2. The van der Waals surface area contributed by atoms with Crippen LogP contribution in [-0.2, 0) is 9.47 Å². The summed E-state index contributed by atoms with van der Waals surface area (Å²) in [6.07, 6.45) is 3.49. The Kier molecular flexibility index (Phi) is 4.03. The van der Waals surface area contributed by atoms with Gasteiger partial charge in [-0.2, -0.15) is 5.10 Å². The van der Waals surface area contributed by atoms with Crippen molar-refractivity contribution in [3.63, 3.8) is 0 Å². The van der Waals surface area contributed by atoms with Crippen molar-refractivity contribution in [1.29, 1.82) is 0 Å². The lowest BCUT2D eigenvalue weighted by Crippen LogP contribution is -2.52. The highest BCUT2D eigenvalue weighted by Crippen LogP contribution is 2.17. The molecule has 2 aromatic heterocycles. The number of urea groups is 1. The SMILES string of the molecule is COCC1COCCN1C(=O)Nc1cnn2ccccc12. The molecule has 7 heteroatoms. The molecule has 0 bridgehead atoms. The molecular weight excluding hydrogens is 272 g/mol. The van der Waals surface area contributed by atoms with Crippen LogP contribution in [0.5, 0.6) is 0 Å². The van der Waals surface area contributed by atoms with Crippen LogP contribution in [0.1, 0.15) is 0 Å². The third-order valence-corrected chi connectivity index (χ3v) is 3.52. The van der Waals surface area contributed by atoms with Crippen LogP contribution in [0.15, 0.2) is 30.6 Å². The number of rotatable bonds is 3. The lowest BCUT2D eigenvalue weighted by molar-refractivity contribution is -0.0133. The number of carbonyl (C=O) groups is 1. The molecule has 7 nitrogen and oxygen atoms in total. The zero-order chi connectivity index (χ0) is 14.7. The predicted molar refractivity (Wildman–Crippen MR) is 77.4 cm³/mol. The molecule has 2 aromatic rings. The summed E-state index contributed by atoms with van der Waals surface area (Å²) in [6, 6.07) is 5.50. The van der Waals surface area contributed by atoms with Gasteiger partial charge in [-0.3, -0.25) is 0 Å². The van der Waals surface area contributed by atoms with Crippen molar-refractivity contribution in [1.82, 2.24) is 14.5 Å². The van der Waals surface area contributed by atoms with Gasteiger partial charge < -0.3 is 19.7 Å². The quantitative estimate of drug-likeness (QED) is 0.922. The van der Waals surface area contributed by atoms with Crippen molar-refractivity contribution < 1.29 is 14.3 Å². The summed E-state index contributed by atoms with van der Waals surface area (Å²) in [5.74, 6) is 0. The summed E-state index contributed by atoms with van der Waals surface area (Å²) in [4.78, 5) is 14.2. The van der Waals surface area contributed by atoms with Crippen LogP contribution in [0.25, 0.3) is 5.52 Å². The Balaban J connectivity index is 1.75. The molecule has 1 N–H and O–H groups in total. The van der Waals surface area contributed by atoms with Gasteiger partial charge in [0.25, 0.3) is 0 Å². The number of carbonyl (C=O) groups excluding carboxylic acids is 1. The van der Waals surface area contributed by atoms with E-state index in [1.165, 1.54) is 0 Å². The van der Waals surface area contributed by atoms with Crippen LogP contribution < -0.4 is 5.32 Å². The van der Waals surface area contributed by atoms with E-state index < -0.39 is 0 Å². The fourth-order valence-electron chi connectivity index (χ4n) is 2.47. The highest BCUT2D eigenvalue weighted by Gasteiger charge is 2.27. The molecule has 0 saturated carbocycles. The molecule has 0 spiro atoms. The van der Waals surface area contributed by atoms with E-state index in [1.807, 2.05) is 24.4 Å². The molecule has 3 rings (SSSR count). The second kappa shape index (κ2) is 6.11. The van der Waals surface area contributed by atoms with E-state index in [0.717, 1.165) is 5.52 Å². The minimum atomic E-state index is -0.154. The monoisotopic (exact) mass is 290 g/mol. The second-order valence-electron chi connectivity index (χ2n) is 4.90. The Morgan fingerprint density at radius 2 is 2.48 bits per heavy atom. The third-order valence-electron chi connectivity index (χ3n) is 3.52. The molecule has 112 valence electrons. The molecule has 0 radical (unpaired) electrons. The number of pyridine rings is 1. The first-order chi connectivity index (χ1) is 10.3. The number of aromatic nitrogens is 2. The van der Waals surface area contributed by atoms with Gasteiger partial charge in [-0.1, -0.05) is 6.07 Å². The van der Waals surface area contributed by atoms with Crippen LogP contribution in [0.2, 0.25) is 0 Å². The number of nitrogens with zero attached hydrogens (tertiary/aromatic N) is 3. The van der Waals surface area contributed by atoms with E-state index >= 15 is 0 Å². The fourth-order valence-corrected chi connectivity index (χ4v) is 2.47. The van der Waals surface area contributed by atoms with Crippen molar-refractivity contribution in [3.05, 3.63) is 30.6 Å². The molecule has 1 aliphatic heterocycles. The largest absolute Gasteiger partial charge is 0.382 e. The number of fused-ring (bicyclic) bond motifs is 1. The van der Waals surface area contributed by atoms with Gasteiger partial charge in [0, 0.05) is 19.9 Å². The van der Waals surface area contributed by atoms with Gasteiger partial charge in [0.15, 0.2) is 0 Å². The van der Waals surface area contributed by atoms with Crippen molar-refractivity contribution in [2.24, 2.45) is 0 Å². The molecule has 1 unspecified atom stereocenters. The maximum atomic E-state index is 12.5. The van der Waals surface area contributed by atoms with E-state index in [2.05, 4.69) is 10.4 Å². The molecule has 1 saturated heterocycles. The van der Waals surface area contributed by atoms with Gasteiger partial charge in [-0.25, -0.2) is 9.31 Å². The molecule has 21 heavy (non-hydrogen) atoms. The summed E-state index contributed by atoms with van der Waals surface area (Å²) in [7, 11) is 1.62. The second-order valence-corrected chi connectivity index (χ2v) is 4.90. The Morgan fingerprint density at radius 3 is 3.33 bits per heavy atom. The predicted octanol–water partition coefficient (Wildman–Crippen LogP) is 1.21. The first-order valence-electron chi connectivity index (χ1n) is 6.86. The number of hydrogen-bond donors (Lipinski definition) is 1. The normalized spacial score (nSPS) is 18.9. The summed E-state index contributed by atoms with van der Waals surface area (Å²) < 4.78 is 12.3. The number of anilines is 1. The first-order valence-corrected chi connectivity index (χ1v) is 6.86. The average Bonchev–Trinajstić information content (AvgIpc) is 2.91. The molecule has 0 aliphatic carbocycles. The van der Waals surface area contributed by atoms with E-state index in [4.69, 9.17) is 9.47 Å². The molecule has 2 amide bonds. The Bertz CT molecular complexity index is 625. The first kappa shape index (κ1) is 13.8. The average molecular weight is 290 g/mol.